The van der Waals surface area contributed by atoms with Gasteiger partial charge in [-0.3, -0.25) is 4.79 Å². The molecule has 0 aromatic carbocycles. The zero-order valence-electron chi connectivity index (χ0n) is 9.69. The lowest BCUT2D eigenvalue weighted by Gasteiger charge is -2.26. The van der Waals surface area contributed by atoms with Crippen LogP contribution < -0.4 is 10.7 Å². The van der Waals surface area contributed by atoms with Crippen molar-refractivity contribution in [3.63, 3.8) is 0 Å². The lowest BCUT2D eigenvalue weighted by Crippen LogP contribution is -2.33. The highest BCUT2D eigenvalue weighted by Crippen LogP contribution is 2.40. The molecule has 2 heterocycles. The van der Waals surface area contributed by atoms with Gasteiger partial charge in [-0.15, -0.1) is 0 Å². The predicted octanol–water partition coefficient (Wildman–Crippen LogP) is 2.18. The first kappa shape index (κ1) is 12.2. The number of carboxylic acid groups (broad SMARTS) is 1. The summed E-state index contributed by atoms with van der Waals surface area (Å²) in [6, 6.07) is 0.0823. The third kappa shape index (κ3) is 2.02. The van der Waals surface area contributed by atoms with E-state index >= 15 is 0 Å². The van der Waals surface area contributed by atoms with Crippen LogP contribution in [0.5, 0.6) is 0 Å². The summed E-state index contributed by atoms with van der Waals surface area (Å²) >= 11 is 5.56. The third-order valence-corrected chi connectivity index (χ3v) is 3.41. The fraction of sp³-hybridized carbons (Fsp3) is 0.333. The van der Waals surface area contributed by atoms with Gasteiger partial charge in [-0.05, 0) is 25.0 Å². The minimum Gasteiger partial charge on any atom is -0.477 e. The molecule has 1 aliphatic heterocycles. The molecule has 1 saturated carbocycles. The topological polar surface area (TPSA) is 71.3 Å². The average molecular weight is 285 g/mol. The lowest BCUT2D eigenvalue weighted by molar-refractivity contribution is 0.0694. The van der Waals surface area contributed by atoms with E-state index in [0.29, 0.717) is 0 Å². The highest BCUT2D eigenvalue weighted by Gasteiger charge is 2.34. The van der Waals surface area contributed by atoms with Crippen LogP contribution in [0.4, 0.5) is 10.2 Å². The van der Waals surface area contributed by atoms with E-state index in [9.17, 15) is 14.0 Å². The molecule has 7 heteroatoms. The molecule has 1 unspecified atom stereocenters. The molecule has 19 heavy (non-hydrogen) atoms. The van der Waals surface area contributed by atoms with E-state index < -0.39 is 16.6 Å². The van der Waals surface area contributed by atoms with Crippen LogP contribution in [0.25, 0.3) is 6.08 Å². The molecular weight excluding hydrogens is 275 g/mol. The number of alkyl halides is 2. The van der Waals surface area contributed by atoms with E-state index in [-0.39, 0.29) is 23.0 Å². The number of nitrogens with one attached hydrogen (secondary N) is 1. The highest BCUT2D eigenvalue weighted by atomic mass is 35.5. The van der Waals surface area contributed by atoms with E-state index in [1.807, 2.05) is 0 Å². The maximum absolute atomic E-state index is 13.7. The number of aromatic nitrogens is 1. The van der Waals surface area contributed by atoms with Crippen LogP contribution >= 0.6 is 11.6 Å². The monoisotopic (exact) mass is 284 g/mol. The van der Waals surface area contributed by atoms with Gasteiger partial charge in [0.1, 0.15) is 11.4 Å². The average Bonchev–Trinajstić information content (AvgIpc) is 3.11. The molecule has 0 amide bonds. The second-order valence-electron chi connectivity index (χ2n) is 4.66. The quantitative estimate of drug-likeness (QED) is 0.645. The molecule has 0 saturated heterocycles. The molecule has 0 radical (unpaired) electrons. The first-order valence-corrected chi connectivity index (χ1v) is 6.14. The molecule has 0 bridgehead atoms. The predicted molar refractivity (Wildman–Crippen MR) is 68.3 cm³/mol. The SMILES string of the molecule is O=C(O)c1cn(C2CC2)c2c(c1=O)C=CC(F)(Cl)N2. The lowest BCUT2D eigenvalue weighted by atomic mass is 10.1. The van der Waals surface area contributed by atoms with Crippen molar-refractivity contribution in [2.75, 3.05) is 5.32 Å². The summed E-state index contributed by atoms with van der Waals surface area (Å²) < 4.78 is 15.3. The van der Waals surface area contributed by atoms with Crippen LogP contribution in [0.3, 0.4) is 0 Å². The number of hydrogen-bond donors (Lipinski definition) is 2. The Morgan fingerprint density at radius 2 is 2.26 bits per heavy atom. The van der Waals surface area contributed by atoms with Crippen molar-refractivity contribution >= 4 is 29.5 Å². The largest absolute Gasteiger partial charge is 0.477 e. The number of anilines is 1. The van der Waals surface area contributed by atoms with Gasteiger partial charge in [-0.2, -0.15) is 4.39 Å². The maximum atomic E-state index is 13.7. The van der Waals surface area contributed by atoms with Gasteiger partial charge in [-0.1, -0.05) is 11.6 Å². The van der Waals surface area contributed by atoms with Crippen molar-refractivity contribution in [2.45, 2.75) is 24.1 Å². The Balaban J connectivity index is 2.27. The van der Waals surface area contributed by atoms with Crippen LogP contribution in [-0.2, 0) is 0 Å². The number of nitrogens with zero attached hydrogens (tertiary/aromatic N) is 1. The number of pyridine rings is 1. The number of carboxylic acids is 1. The first-order chi connectivity index (χ1) is 8.89. The zero-order chi connectivity index (χ0) is 13.8. The minimum atomic E-state index is -2.26. The van der Waals surface area contributed by atoms with Crippen LogP contribution in [0, 0.1) is 0 Å². The van der Waals surface area contributed by atoms with Gasteiger partial charge >= 0.3 is 5.97 Å². The van der Waals surface area contributed by atoms with E-state index in [0.717, 1.165) is 18.9 Å². The standard InChI is InChI=1S/C12H10ClFN2O3/c13-12(14)4-3-7-9(17)8(11(18)19)5-16(6-1-2-6)10(7)15-12/h3-6,15H,1-2H2,(H,18,19). The minimum absolute atomic E-state index is 0.0823. The number of hydrogen-bond acceptors (Lipinski definition) is 3. The number of rotatable bonds is 2. The van der Waals surface area contributed by atoms with Crippen molar-refractivity contribution in [1.82, 2.24) is 4.57 Å². The van der Waals surface area contributed by atoms with E-state index in [1.165, 1.54) is 12.3 Å². The molecular formula is C12H10ClFN2O3. The number of aromatic carboxylic acids is 1. The van der Waals surface area contributed by atoms with Crippen molar-refractivity contribution < 1.29 is 14.3 Å². The van der Waals surface area contributed by atoms with Gasteiger partial charge in [0, 0.05) is 12.2 Å². The van der Waals surface area contributed by atoms with E-state index in [2.05, 4.69) is 5.32 Å². The van der Waals surface area contributed by atoms with Crippen LogP contribution in [0.1, 0.15) is 34.8 Å². The number of carbonyl (C=O) groups is 1. The van der Waals surface area contributed by atoms with Crippen molar-refractivity contribution in [2.24, 2.45) is 0 Å². The second-order valence-corrected chi connectivity index (χ2v) is 5.21. The zero-order valence-corrected chi connectivity index (χ0v) is 10.4. The highest BCUT2D eigenvalue weighted by molar-refractivity contribution is 6.25. The summed E-state index contributed by atoms with van der Waals surface area (Å²) in [6.45, 7) is 0. The summed E-state index contributed by atoms with van der Waals surface area (Å²) in [5, 5.41) is 9.19. The fourth-order valence-corrected chi connectivity index (χ4v) is 2.27. The molecule has 1 aliphatic carbocycles. The van der Waals surface area contributed by atoms with Gasteiger partial charge in [0.15, 0.2) is 0 Å². The summed E-state index contributed by atoms with van der Waals surface area (Å²) in [5.41, 5.74) is -0.839. The third-order valence-electron chi connectivity index (χ3n) is 3.19. The number of fused-ring (bicyclic) bond motifs is 1. The summed E-state index contributed by atoms with van der Waals surface area (Å²) in [5.74, 6) is -1.06. The van der Waals surface area contributed by atoms with Crippen LogP contribution in [-0.4, -0.2) is 20.9 Å². The molecule has 3 rings (SSSR count). The summed E-state index contributed by atoms with van der Waals surface area (Å²) in [7, 11) is 0. The second kappa shape index (κ2) is 3.84. The van der Waals surface area contributed by atoms with Gasteiger partial charge in [0.05, 0.1) is 5.56 Å². The fourth-order valence-electron chi connectivity index (χ4n) is 2.12. The van der Waals surface area contributed by atoms with Gasteiger partial charge in [-0.25, -0.2) is 4.79 Å². The molecule has 0 spiro atoms. The molecule has 2 aliphatic rings. The Hall–Kier alpha value is -1.82. The van der Waals surface area contributed by atoms with Gasteiger partial charge in [0.2, 0.25) is 5.43 Å². The smallest absolute Gasteiger partial charge is 0.341 e. The molecule has 5 nitrogen and oxygen atoms in total. The summed E-state index contributed by atoms with van der Waals surface area (Å²) in [6.07, 6.45) is 5.19. The van der Waals surface area contributed by atoms with Crippen LogP contribution in [0.15, 0.2) is 17.1 Å². The molecule has 1 aromatic heterocycles. The van der Waals surface area contributed by atoms with E-state index in [1.54, 1.807) is 4.57 Å². The van der Waals surface area contributed by atoms with Crippen molar-refractivity contribution in [3.8, 4) is 0 Å². The van der Waals surface area contributed by atoms with Crippen molar-refractivity contribution in [1.29, 1.82) is 0 Å². The molecule has 2 N–H and O–H groups in total. The first-order valence-electron chi connectivity index (χ1n) is 5.77. The Kier molecular flexibility index (Phi) is 2.47. The summed E-state index contributed by atoms with van der Waals surface area (Å²) in [4.78, 5) is 23.1. The maximum Gasteiger partial charge on any atom is 0.341 e. The normalized spacial score (nSPS) is 24.7. The van der Waals surface area contributed by atoms with Crippen molar-refractivity contribution in [3.05, 3.63) is 33.6 Å². The number of halogens is 2. The van der Waals surface area contributed by atoms with Gasteiger partial charge in [0.25, 0.3) is 5.25 Å². The molecule has 1 aromatic rings. The molecule has 100 valence electrons. The Labute approximate surface area is 112 Å². The Morgan fingerprint density at radius 1 is 1.58 bits per heavy atom. The molecule has 1 fully saturated rings. The Bertz CT molecular complexity index is 662. The molecule has 1 atom stereocenters. The van der Waals surface area contributed by atoms with Crippen LogP contribution in [0.2, 0.25) is 0 Å². The van der Waals surface area contributed by atoms with Gasteiger partial charge < -0.3 is 15.0 Å². The Morgan fingerprint density at radius 3 is 2.84 bits per heavy atom. The van der Waals surface area contributed by atoms with E-state index in [4.69, 9.17) is 16.7 Å².